The van der Waals surface area contributed by atoms with Crippen molar-refractivity contribution >= 4 is 12.0 Å². The minimum absolute atomic E-state index is 0.158. The first-order chi connectivity index (χ1) is 15.8. The normalized spacial score (nSPS) is 15.2. The van der Waals surface area contributed by atoms with Crippen molar-refractivity contribution in [1.29, 1.82) is 0 Å². The molecule has 0 bridgehead atoms. The highest BCUT2D eigenvalue weighted by atomic mass is 19.4. The topological polar surface area (TPSA) is 84.0 Å². The molecule has 7 nitrogen and oxygen atoms in total. The van der Waals surface area contributed by atoms with E-state index in [4.69, 9.17) is 4.74 Å². The van der Waals surface area contributed by atoms with Gasteiger partial charge in [0.2, 0.25) is 11.7 Å². The summed E-state index contributed by atoms with van der Waals surface area (Å²) in [4.78, 5) is 28.5. The third-order valence-electron chi connectivity index (χ3n) is 5.57. The number of carbonyl (C=O) groups is 1. The zero-order valence-corrected chi connectivity index (χ0v) is 17.8. The molecule has 4 rings (SSSR count). The van der Waals surface area contributed by atoms with E-state index in [1.165, 1.54) is 25.7 Å². The molecule has 1 N–H and O–H groups in total. The van der Waals surface area contributed by atoms with Crippen LogP contribution in [0.3, 0.4) is 0 Å². The highest BCUT2D eigenvalue weighted by Gasteiger charge is 2.36. The molecule has 0 unspecified atom stereocenters. The number of benzene rings is 1. The lowest BCUT2D eigenvalue weighted by Crippen LogP contribution is -2.37. The molecular weight excluding hydrogens is 435 g/mol. The number of hydrogen-bond donors (Lipinski definition) is 1. The molecule has 3 heterocycles. The number of H-pyrrole nitrogens is 1. The molecule has 1 aromatic carbocycles. The number of aromatic amines is 1. The molecule has 1 fully saturated rings. The first-order valence-electron chi connectivity index (χ1n) is 10.4. The molecule has 10 heteroatoms. The Morgan fingerprint density at radius 2 is 2.03 bits per heavy atom. The second-order valence-corrected chi connectivity index (χ2v) is 7.66. The minimum Gasteiger partial charge on any atom is -0.497 e. The predicted octanol–water partition coefficient (Wildman–Crippen LogP) is 4.31. The molecule has 0 spiro atoms. The fourth-order valence-corrected chi connectivity index (χ4v) is 3.85. The summed E-state index contributed by atoms with van der Waals surface area (Å²) in [6.45, 7) is 0.833. The van der Waals surface area contributed by atoms with Gasteiger partial charge in [-0.15, -0.1) is 0 Å². The van der Waals surface area contributed by atoms with Crippen LogP contribution in [-0.2, 0) is 11.0 Å². The van der Waals surface area contributed by atoms with Gasteiger partial charge in [-0.3, -0.25) is 4.79 Å². The van der Waals surface area contributed by atoms with Crippen LogP contribution in [0.15, 0.2) is 49.1 Å². The maximum Gasteiger partial charge on any atom is 0.451 e. The van der Waals surface area contributed by atoms with Crippen LogP contribution >= 0.6 is 0 Å². The standard InChI is InChI=1S/C23H22F3N5O2/c1-33-18-4-2-3-16(11-18)19-13-28-22(23(24,25)26)30-21(19)15-7-9-31(10-8-15)20(32)6-5-17-12-27-14-29-17/h2-6,11-15H,7-10H2,1H3,(H,27,29). The van der Waals surface area contributed by atoms with Crippen LogP contribution in [-0.4, -0.2) is 50.9 Å². The fraction of sp³-hybridized carbons (Fsp3) is 0.304. The van der Waals surface area contributed by atoms with Crippen LogP contribution in [0.5, 0.6) is 5.75 Å². The van der Waals surface area contributed by atoms with Crippen molar-refractivity contribution in [2.75, 3.05) is 20.2 Å². The van der Waals surface area contributed by atoms with Gasteiger partial charge in [0.15, 0.2) is 0 Å². The van der Waals surface area contributed by atoms with Crippen LogP contribution in [0.2, 0.25) is 0 Å². The Morgan fingerprint density at radius 1 is 1.24 bits per heavy atom. The number of methoxy groups -OCH3 is 1. The molecule has 0 radical (unpaired) electrons. The highest BCUT2D eigenvalue weighted by molar-refractivity contribution is 5.91. The highest BCUT2D eigenvalue weighted by Crippen LogP contribution is 2.37. The van der Waals surface area contributed by atoms with E-state index in [1.54, 1.807) is 41.4 Å². The molecule has 0 saturated carbocycles. The summed E-state index contributed by atoms with van der Waals surface area (Å²) in [6.07, 6.45) is 3.80. The Hall–Kier alpha value is -3.69. The maximum atomic E-state index is 13.3. The van der Waals surface area contributed by atoms with Crippen LogP contribution in [0.25, 0.3) is 17.2 Å². The Bertz CT molecular complexity index is 1140. The second-order valence-electron chi connectivity index (χ2n) is 7.66. The van der Waals surface area contributed by atoms with Crippen LogP contribution < -0.4 is 4.74 Å². The largest absolute Gasteiger partial charge is 0.497 e. The van der Waals surface area contributed by atoms with E-state index in [1.807, 2.05) is 0 Å². The number of piperidine rings is 1. The molecular formula is C23H22F3N5O2. The first kappa shape index (κ1) is 22.5. The van der Waals surface area contributed by atoms with Gasteiger partial charge in [0.1, 0.15) is 5.75 Å². The van der Waals surface area contributed by atoms with E-state index in [-0.39, 0.29) is 11.8 Å². The number of rotatable bonds is 5. The van der Waals surface area contributed by atoms with Crippen molar-refractivity contribution in [2.24, 2.45) is 0 Å². The number of imidazole rings is 1. The van der Waals surface area contributed by atoms with E-state index >= 15 is 0 Å². The number of ether oxygens (including phenoxy) is 1. The van der Waals surface area contributed by atoms with Gasteiger partial charge in [0.05, 0.1) is 31.0 Å². The Morgan fingerprint density at radius 3 is 2.70 bits per heavy atom. The summed E-state index contributed by atoms with van der Waals surface area (Å²) < 4.78 is 45.3. The molecule has 2 aromatic heterocycles. The quantitative estimate of drug-likeness (QED) is 0.577. The Labute approximate surface area is 188 Å². The molecule has 0 atom stereocenters. The average Bonchev–Trinajstić information content (AvgIpc) is 3.35. The van der Waals surface area contributed by atoms with E-state index in [9.17, 15) is 18.0 Å². The number of aromatic nitrogens is 4. The van der Waals surface area contributed by atoms with Gasteiger partial charge in [-0.1, -0.05) is 12.1 Å². The number of carbonyl (C=O) groups excluding carboxylic acids is 1. The number of nitrogens with one attached hydrogen (secondary N) is 1. The smallest absolute Gasteiger partial charge is 0.451 e. The fourth-order valence-electron chi connectivity index (χ4n) is 3.85. The Balaban J connectivity index is 1.56. The van der Waals surface area contributed by atoms with E-state index in [0.717, 1.165) is 0 Å². The van der Waals surface area contributed by atoms with Gasteiger partial charge in [-0.05, 0) is 36.6 Å². The lowest BCUT2D eigenvalue weighted by molar-refractivity contribution is -0.145. The number of alkyl halides is 3. The lowest BCUT2D eigenvalue weighted by Gasteiger charge is -2.32. The van der Waals surface area contributed by atoms with Gasteiger partial charge < -0.3 is 14.6 Å². The van der Waals surface area contributed by atoms with Crippen LogP contribution in [0.1, 0.15) is 36.0 Å². The van der Waals surface area contributed by atoms with Crippen molar-refractivity contribution in [1.82, 2.24) is 24.8 Å². The second kappa shape index (κ2) is 9.43. The summed E-state index contributed by atoms with van der Waals surface area (Å²) in [6, 6.07) is 7.06. The summed E-state index contributed by atoms with van der Waals surface area (Å²) in [5, 5.41) is 0. The first-order valence-corrected chi connectivity index (χ1v) is 10.4. The molecule has 1 saturated heterocycles. The summed E-state index contributed by atoms with van der Waals surface area (Å²) in [7, 11) is 1.52. The van der Waals surface area contributed by atoms with E-state index < -0.39 is 12.0 Å². The van der Waals surface area contributed by atoms with Crippen molar-refractivity contribution in [2.45, 2.75) is 24.9 Å². The van der Waals surface area contributed by atoms with Gasteiger partial charge in [0.25, 0.3) is 0 Å². The SMILES string of the molecule is COc1cccc(-c2cnc(C(F)(F)F)nc2C2CCN(C(=O)C=Cc3cnc[nH]3)CC2)c1. The average molecular weight is 457 g/mol. The zero-order valence-electron chi connectivity index (χ0n) is 17.8. The summed E-state index contributed by atoms with van der Waals surface area (Å²) in [5.41, 5.74) is 2.26. The third-order valence-corrected chi connectivity index (χ3v) is 5.57. The van der Waals surface area contributed by atoms with Gasteiger partial charge >= 0.3 is 6.18 Å². The van der Waals surface area contributed by atoms with E-state index in [0.29, 0.717) is 54.2 Å². The molecule has 1 aliphatic rings. The number of hydrogen-bond acceptors (Lipinski definition) is 5. The predicted molar refractivity (Wildman–Crippen MR) is 115 cm³/mol. The van der Waals surface area contributed by atoms with E-state index in [2.05, 4.69) is 19.9 Å². The number of nitrogens with zero attached hydrogens (tertiary/aromatic N) is 4. The summed E-state index contributed by atoms with van der Waals surface area (Å²) in [5.74, 6) is -0.973. The van der Waals surface area contributed by atoms with Gasteiger partial charge in [0, 0.05) is 36.8 Å². The van der Waals surface area contributed by atoms with Gasteiger partial charge in [-0.25, -0.2) is 15.0 Å². The van der Waals surface area contributed by atoms with Gasteiger partial charge in [-0.2, -0.15) is 13.2 Å². The van der Waals surface area contributed by atoms with Crippen LogP contribution in [0, 0.1) is 0 Å². The summed E-state index contributed by atoms with van der Waals surface area (Å²) >= 11 is 0. The monoisotopic (exact) mass is 457 g/mol. The zero-order chi connectivity index (χ0) is 23.4. The molecule has 1 amide bonds. The van der Waals surface area contributed by atoms with Crippen molar-refractivity contribution in [3.8, 4) is 16.9 Å². The minimum atomic E-state index is -4.64. The lowest BCUT2D eigenvalue weighted by atomic mass is 9.88. The molecule has 3 aromatic rings. The van der Waals surface area contributed by atoms with Crippen LogP contribution in [0.4, 0.5) is 13.2 Å². The number of halogens is 3. The molecule has 172 valence electrons. The van der Waals surface area contributed by atoms with Crippen molar-refractivity contribution in [3.05, 3.63) is 66.3 Å². The molecule has 33 heavy (non-hydrogen) atoms. The molecule has 1 aliphatic heterocycles. The van der Waals surface area contributed by atoms with Crippen molar-refractivity contribution < 1.29 is 22.7 Å². The van der Waals surface area contributed by atoms with Crippen molar-refractivity contribution in [3.63, 3.8) is 0 Å². The third kappa shape index (κ3) is 5.21. The molecule has 0 aliphatic carbocycles. The number of amides is 1. The Kier molecular flexibility index (Phi) is 6.43. The maximum absolute atomic E-state index is 13.3. The number of likely N-dealkylation sites (tertiary alicyclic amines) is 1.